The number of carboxylic acids is 1. The second kappa shape index (κ2) is 5.25. The summed E-state index contributed by atoms with van der Waals surface area (Å²) in [6.07, 6.45) is 7.77. The molecule has 0 radical (unpaired) electrons. The van der Waals surface area contributed by atoms with Crippen LogP contribution in [0.5, 0.6) is 0 Å². The van der Waals surface area contributed by atoms with E-state index in [1.54, 1.807) is 24.8 Å². The highest BCUT2D eigenvalue weighted by Gasteiger charge is 2.05. The summed E-state index contributed by atoms with van der Waals surface area (Å²) in [6.45, 7) is 0.454. The normalized spacial score (nSPS) is 10.4. The van der Waals surface area contributed by atoms with Crippen LogP contribution in [0.15, 0.2) is 36.9 Å². The van der Waals surface area contributed by atoms with Crippen LogP contribution in [0.1, 0.15) is 17.8 Å². The number of carboxylic acid groups (broad SMARTS) is 1. The van der Waals surface area contributed by atoms with Crippen molar-refractivity contribution in [1.82, 2.24) is 14.5 Å². The van der Waals surface area contributed by atoms with Gasteiger partial charge in [-0.3, -0.25) is 9.78 Å². The van der Waals surface area contributed by atoms with Gasteiger partial charge in [0.2, 0.25) is 0 Å². The Labute approximate surface area is 98.8 Å². The molecule has 0 fully saturated rings. The molecular weight excluding hydrogens is 218 g/mol. The van der Waals surface area contributed by atoms with Crippen LogP contribution in [-0.4, -0.2) is 25.6 Å². The Morgan fingerprint density at radius 3 is 2.76 bits per heavy atom. The number of aliphatic carboxylic acids is 1. The molecule has 5 heteroatoms. The summed E-state index contributed by atoms with van der Waals surface area (Å²) >= 11 is 0. The summed E-state index contributed by atoms with van der Waals surface area (Å²) in [6, 6.07) is 3.85. The second-order valence-corrected chi connectivity index (χ2v) is 3.71. The molecule has 17 heavy (non-hydrogen) atoms. The lowest BCUT2D eigenvalue weighted by Crippen LogP contribution is -2.08. The summed E-state index contributed by atoms with van der Waals surface area (Å²) < 4.78 is 1.87. The highest BCUT2D eigenvalue weighted by atomic mass is 16.4. The van der Waals surface area contributed by atoms with Crippen molar-refractivity contribution in [3.05, 3.63) is 48.3 Å². The molecule has 1 N–H and O–H groups in total. The largest absolute Gasteiger partial charge is 0.481 e. The van der Waals surface area contributed by atoms with Crippen LogP contribution in [0.25, 0.3) is 0 Å². The van der Waals surface area contributed by atoms with Crippen LogP contribution in [0, 0.1) is 0 Å². The van der Waals surface area contributed by atoms with E-state index in [-0.39, 0.29) is 6.42 Å². The molecule has 2 aromatic rings. The molecule has 0 atom stereocenters. The van der Waals surface area contributed by atoms with Crippen molar-refractivity contribution in [3.63, 3.8) is 0 Å². The SMILES string of the molecule is O=C(O)CCn1ccnc1Cc1ccncc1. The zero-order chi connectivity index (χ0) is 12.1. The van der Waals surface area contributed by atoms with E-state index in [0.717, 1.165) is 11.4 Å². The summed E-state index contributed by atoms with van der Waals surface area (Å²) in [4.78, 5) is 18.7. The number of hydrogen-bond acceptors (Lipinski definition) is 3. The Kier molecular flexibility index (Phi) is 3.49. The number of pyridine rings is 1. The molecule has 2 heterocycles. The molecule has 0 saturated heterocycles. The summed E-state index contributed by atoms with van der Waals surface area (Å²) in [5, 5.41) is 8.65. The van der Waals surface area contributed by atoms with Gasteiger partial charge >= 0.3 is 5.97 Å². The summed E-state index contributed by atoms with van der Waals surface area (Å²) in [7, 11) is 0. The van der Waals surface area contributed by atoms with E-state index in [4.69, 9.17) is 5.11 Å². The van der Waals surface area contributed by atoms with Crippen molar-refractivity contribution in [3.8, 4) is 0 Å². The van der Waals surface area contributed by atoms with Gasteiger partial charge in [-0.05, 0) is 17.7 Å². The molecule has 0 bridgehead atoms. The average molecular weight is 231 g/mol. The zero-order valence-corrected chi connectivity index (χ0v) is 9.28. The Morgan fingerprint density at radius 1 is 1.29 bits per heavy atom. The number of hydrogen-bond donors (Lipinski definition) is 1. The minimum atomic E-state index is -0.798. The van der Waals surface area contributed by atoms with E-state index >= 15 is 0 Å². The number of nitrogens with zero attached hydrogens (tertiary/aromatic N) is 3. The standard InChI is InChI=1S/C12H13N3O2/c16-12(17)3-7-15-8-6-14-11(15)9-10-1-4-13-5-2-10/h1-2,4-6,8H,3,7,9H2,(H,16,17). The molecule has 0 amide bonds. The second-order valence-electron chi connectivity index (χ2n) is 3.71. The number of aryl methyl sites for hydroxylation is 1. The first kappa shape index (κ1) is 11.3. The molecule has 0 unspecified atom stereocenters. The number of carbonyl (C=O) groups is 1. The van der Waals surface area contributed by atoms with Gasteiger partial charge in [0.1, 0.15) is 5.82 Å². The highest BCUT2D eigenvalue weighted by Crippen LogP contribution is 2.07. The number of aromatic nitrogens is 3. The van der Waals surface area contributed by atoms with Gasteiger partial charge in [0.05, 0.1) is 6.42 Å². The first-order valence-corrected chi connectivity index (χ1v) is 5.36. The monoisotopic (exact) mass is 231 g/mol. The highest BCUT2D eigenvalue weighted by molar-refractivity contribution is 5.66. The predicted octanol–water partition coefficient (Wildman–Crippen LogP) is 1.34. The minimum absolute atomic E-state index is 0.111. The van der Waals surface area contributed by atoms with Gasteiger partial charge in [-0.2, -0.15) is 0 Å². The quantitative estimate of drug-likeness (QED) is 0.843. The Balaban J connectivity index is 2.06. The molecule has 2 rings (SSSR count). The van der Waals surface area contributed by atoms with E-state index in [9.17, 15) is 4.79 Å². The van der Waals surface area contributed by atoms with E-state index in [1.165, 1.54) is 0 Å². The van der Waals surface area contributed by atoms with Crippen LogP contribution in [0.4, 0.5) is 0 Å². The number of imidazole rings is 1. The predicted molar refractivity (Wildman–Crippen MR) is 61.5 cm³/mol. The lowest BCUT2D eigenvalue weighted by atomic mass is 10.2. The first-order valence-electron chi connectivity index (χ1n) is 5.36. The fourth-order valence-corrected chi connectivity index (χ4v) is 1.61. The maximum atomic E-state index is 10.5. The maximum Gasteiger partial charge on any atom is 0.305 e. The summed E-state index contributed by atoms with van der Waals surface area (Å²) in [5.41, 5.74) is 1.11. The van der Waals surface area contributed by atoms with Crippen molar-refractivity contribution < 1.29 is 9.90 Å². The fourth-order valence-electron chi connectivity index (χ4n) is 1.61. The van der Waals surface area contributed by atoms with Crippen molar-refractivity contribution in [1.29, 1.82) is 0 Å². The van der Waals surface area contributed by atoms with Crippen LogP contribution >= 0.6 is 0 Å². The van der Waals surface area contributed by atoms with Gasteiger partial charge in [0.15, 0.2) is 0 Å². The van der Waals surface area contributed by atoms with E-state index in [2.05, 4.69) is 9.97 Å². The van der Waals surface area contributed by atoms with Crippen LogP contribution in [-0.2, 0) is 17.8 Å². The van der Waals surface area contributed by atoms with Gasteiger partial charge in [-0.25, -0.2) is 4.98 Å². The Hall–Kier alpha value is -2.17. The molecule has 0 aromatic carbocycles. The van der Waals surface area contributed by atoms with Crippen LogP contribution in [0.3, 0.4) is 0 Å². The van der Waals surface area contributed by atoms with E-state index < -0.39 is 5.97 Å². The maximum absolute atomic E-state index is 10.5. The summed E-state index contributed by atoms with van der Waals surface area (Å²) in [5.74, 6) is 0.0750. The molecule has 0 spiro atoms. The van der Waals surface area contributed by atoms with Crippen LogP contribution < -0.4 is 0 Å². The third-order valence-electron chi connectivity index (χ3n) is 2.48. The van der Waals surface area contributed by atoms with Gasteiger partial charge in [-0.1, -0.05) is 0 Å². The van der Waals surface area contributed by atoms with Crippen LogP contribution in [0.2, 0.25) is 0 Å². The third-order valence-corrected chi connectivity index (χ3v) is 2.48. The van der Waals surface area contributed by atoms with Crippen molar-refractivity contribution in [2.45, 2.75) is 19.4 Å². The van der Waals surface area contributed by atoms with Crippen molar-refractivity contribution in [2.24, 2.45) is 0 Å². The molecular formula is C12H13N3O2. The van der Waals surface area contributed by atoms with Crippen molar-refractivity contribution >= 4 is 5.97 Å². The Bertz CT molecular complexity index is 493. The molecule has 5 nitrogen and oxygen atoms in total. The number of rotatable bonds is 5. The molecule has 88 valence electrons. The molecule has 0 aliphatic carbocycles. The molecule has 0 aliphatic heterocycles. The van der Waals surface area contributed by atoms with Gasteiger partial charge < -0.3 is 9.67 Å². The smallest absolute Gasteiger partial charge is 0.305 e. The van der Waals surface area contributed by atoms with Gasteiger partial charge in [-0.15, -0.1) is 0 Å². The van der Waals surface area contributed by atoms with E-state index in [1.807, 2.05) is 16.7 Å². The lowest BCUT2D eigenvalue weighted by Gasteiger charge is -2.06. The lowest BCUT2D eigenvalue weighted by molar-refractivity contribution is -0.137. The van der Waals surface area contributed by atoms with Gasteiger partial charge in [0.25, 0.3) is 0 Å². The van der Waals surface area contributed by atoms with E-state index in [0.29, 0.717) is 13.0 Å². The molecule has 2 aromatic heterocycles. The van der Waals surface area contributed by atoms with Gasteiger partial charge in [0, 0.05) is 37.8 Å². The minimum Gasteiger partial charge on any atom is -0.481 e. The van der Waals surface area contributed by atoms with Crippen molar-refractivity contribution in [2.75, 3.05) is 0 Å². The first-order chi connectivity index (χ1) is 8.25. The average Bonchev–Trinajstić information content (AvgIpc) is 2.75. The fraction of sp³-hybridized carbons (Fsp3) is 0.250. The topological polar surface area (TPSA) is 68.0 Å². The molecule has 0 saturated carbocycles. The Morgan fingerprint density at radius 2 is 2.06 bits per heavy atom. The zero-order valence-electron chi connectivity index (χ0n) is 9.28. The molecule has 0 aliphatic rings. The third kappa shape index (κ3) is 3.14.